The highest BCUT2D eigenvalue weighted by molar-refractivity contribution is 5.75. The highest BCUT2D eigenvalue weighted by atomic mass is 16.6. The van der Waals surface area contributed by atoms with E-state index in [0.29, 0.717) is 0 Å². The van der Waals surface area contributed by atoms with Crippen molar-refractivity contribution in [1.29, 1.82) is 0 Å². The number of tetrazole rings is 1. The van der Waals surface area contributed by atoms with Gasteiger partial charge in [-0.1, -0.05) is 5.10 Å². The molecule has 0 aliphatic rings. The Balaban J connectivity index is 2.77. The fraction of sp³-hybridized carbons (Fsp3) is 0. The van der Waals surface area contributed by atoms with Crippen molar-refractivity contribution in [1.82, 2.24) is 25.2 Å². The predicted octanol–water partition coefficient (Wildman–Crippen LogP) is -0.962. The van der Waals surface area contributed by atoms with Gasteiger partial charge in [0.15, 0.2) is 5.69 Å². The monoisotopic (exact) mass is 267 g/mol. The van der Waals surface area contributed by atoms with Crippen LogP contribution in [0.5, 0.6) is 0 Å². The van der Waals surface area contributed by atoms with Crippen molar-refractivity contribution in [3.8, 4) is 5.82 Å². The van der Waals surface area contributed by atoms with E-state index in [-0.39, 0.29) is 5.95 Å². The Morgan fingerprint density at radius 1 is 1.21 bits per heavy atom. The van der Waals surface area contributed by atoms with Crippen LogP contribution in [-0.2, 0) is 0 Å². The van der Waals surface area contributed by atoms with Gasteiger partial charge in [-0.3, -0.25) is 20.2 Å². The van der Waals surface area contributed by atoms with Gasteiger partial charge in [0.1, 0.15) is 6.20 Å². The Kier molecular flexibility index (Phi) is 2.63. The molecule has 0 spiro atoms. The lowest BCUT2D eigenvalue weighted by Gasteiger charge is -2.04. The van der Waals surface area contributed by atoms with E-state index in [0.717, 1.165) is 10.9 Å². The molecule has 0 saturated heterocycles. The lowest BCUT2D eigenvalue weighted by atomic mass is 10.3. The van der Waals surface area contributed by atoms with E-state index in [4.69, 9.17) is 11.5 Å². The van der Waals surface area contributed by atoms with Crippen LogP contribution in [0.3, 0.4) is 0 Å². The van der Waals surface area contributed by atoms with Gasteiger partial charge in [-0.2, -0.15) is 4.68 Å². The van der Waals surface area contributed by atoms with Crippen LogP contribution in [-0.4, -0.2) is 35.0 Å². The first-order valence-corrected chi connectivity index (χ1v) is 4.55. The summed E-state index contributed by atoms with van der Waals surface area (Å²) in [6.07, 6.45) is 0.763. The lowest BCUT2D eigenvalue weighted by molar-refractivity contribution is -0.392. The number of nitro groups is 2. The number of rotatable bonds is 3. The first-order valence-electron chi connectivity index (χ1n) is 4.55. The second-order valence-corrected chi connectivity index (χ2v) is 3.19. The maximum atomic E-state index is 11.0. The van der Waals surface area contributed by atoms with Gasteiger partial charge in [-0.15, -0.1) is 0 Å². The molecule has 4 N–H and O–H groups in total. The normalized spacial score (nSPS) is 10.3. The van der Waals surface area contributed by atoms with Gasteiger partial charge in [-0.25, -0.2) is 4.98 Å². The number of aromatic nitrogens is 5. The summed E-state index contributed by atoms with van der Waals surface area (Å²) in [5.41, 5.74) is 8.63. The molecule has 0 bridgehead atoms. The van der Waals surface area contributed by atoms with E-state index in [9.17, 15) is 20.2 Å². The van der Waals surface area contributed by atoms with Crippen molar-refractivity contribution in [2.75, 3.05) is 11.5 Å². The van der Waals surface area contributed by atoms with Gasteiger partial charge >= 0.3 is 11.4 Å². The van der Waals surface area contributed by atoms with Gasteiger partial charge in [0.05, 0.1) is 9.85 Å². The molecule has 13 heteroatoms. The second-order valence-electron chi connectivity index (χ2n) is 3.19. The quantitative estimate of drug-likeness (QED) is 0.515. The maximum Gasteiger partial charge on any atom is 0.343 e. The first-order chi connectivity index (χ1) is 8.93. The summed E-state index contributed by atoms with van der Waals surface area (Å²) >= 11 is 0. The minimum atomic E-state index is -0.925. The molecule has 19 heavy (non-hydrogen) atoms. The Bertz CT molecular complexity index is 679. The van der Waals surface area contributed by atoms with E-state index in [2.05, 4.69) is 20.5 Å². The van der Waals surface area contributed by atoms with Crippen molar-refractivity contribution in [3.63, 3.8) is 0 Å². The third-order valence-corrected chi connectivity index (χ3v) is 2.13. The summed E-state index contributed by atoms with van der Waals surface area (Å²) in [7, 11) is 0. The average molecular weight is 267 g/mol. The molecule has 2 aromatic rings. The molecule has 0 fully saturated rings. The van der Waals surface area contributed by atoms with E-state index in [1.807, 2.05) is 0 Å². The van der Waals surface area contributed by atoms with E-state index < -0.39 is 32.7 Å². The third kappa shape index (κ3) is 1.84. The highest BCUT2D eigenvalue weighted by Crippen LogP contribution is 2.34. The Hall–Kier alpha value is -3.38. The number of nitrogens with two attached hydrogens (primary N) is 2. The summed E-state index contributed by atoms with van der Waals surface area (Å²) in [6, 6.07) is 0. The molecule has 2 heterocycles. The number of pyridine rings is 1. The summed E-state index contributed by atoms with van der Waals surface area (Å²) in [4.78, 5) is 23.4. The van der Waals surface area contributed by atoms with Crippen LogP contribution in [0, 0.1) is 20.2 Å². The van der Waals surface area contributed by atoms with Crippen LogP contribution in [0.4, 0.5) is 23.0 Å². The molecule has 2 aromatic heterocycles. The van der Waals surface area contributed by atoms with Crippen molar-refractivity contribution in [2.45, 2.75) is 0 Å². The zero-order chi connectivity index (χ0) is 14.2. The van der Waals surface area contributed by atoms with Gasteiger partial charge < -0.3 is 11.5 Å². The van der Waals surface area contributed by atoms with Gasteiger partial charge in [0.25, 0.3) is 0 Å². The van der Waals surface area contributed by atoms with Crippen molar-refractivity contribution >= 4 is 23.0 Å². The molecular formula is C6H5N9O4. The Labute approximate surface area is 103 Å². The van der Waals surface area contributed by atoms with Gasteiger partial charge in [0, 0.05) is 0 Å². The summed E-state index contributed by atoms with van der Waals surface area (Å²) in [5, 5.41) is 31.5. The van der Waals surface area contributed by atoms with E-state index >= 15 is 0 Å². The minimum Gasteiger partial charge on any atom is -0.387 e. The largest absolute Gasteiger partial charge is 0.387 e. The molecule has 0 aliphatic carbocycles. The maximum absolute atomic E-state index is 11.0. The number of nitrogens with zero attached hydrogens (tertiary/aromatic N) is 7. The molecule has 0 aromatic carbocycles. The van der Waals surface area contributed by atoms with Crippen molar-refractivity contribution in [2.24, 2.45) is 0 Å². The molecule has 0 radical (unpaired) electrons. The Morgan fingerprint density at radius 3 is 2.37 bits per heavy atom. The van der Waals surface area contributed by atoms with Crippen LogP contribution >= 0.6 is 0 Å². The SMILES string of the molecule is Nc1c([N+](=O)[O-])cnc(-n2nnnc2N)c1[N+](=O)[O-]. The number of nitrogen functional groups attached to an aromatic ring is 2. The third-order valence-electron chi connectivity index (χ3n) is 2.13. The molecule has 0 amide bonds. The average Bonchev–Trinajstić information content (AvgIpc) is 2.73. The number of anilines is 2. The highest BCUT2D eigenvalue weighted by Gasteiger charge is 2.30. The van der Waals surface area contributed by atoms with Gasteiger partial charge in [-0.05, 0) is 10.4 Å². The smallest absolute Gasteiger partial charge is 0.343 e. The van der Waals surface area contributed by atoms with Crippen LogP contribution in [0.15, 0.2) is 6.20 Å². The number of hydrogen-bond donors (Lipinski definition) is 2. The topological polar surface area (TPSA) is 195 Å². The van der Waals surface area contributed by atoms with E-state index in [1.165, 1.54) is 0 Å². The summed E-state index contributed by atoms with van der Waals surface area (Å²) < 4.78 is 0.748. The van der Waals surface area contributed by atoms with Crippen molar-refractivity contribution < 1.29 is 9.85 Å². The first kappa shape index (κ1) is 12.1. The molecule has 2 rings (SSSR count). The molecule has 0 aliphatic heterocycles. The second kappa shape index (κ2) is 4.13. The molecule has 98 valence electrons. The zero-order valence-electron chi connectivity index (χ0n) is 9.00. The predicted molar refractivity (Wildman–Crippen MR) is 59.1 cm³/mol. The lowest BCUT2D eigenvalue weighted by Crippen LogP contribution is -2.11. The van der Waals surface area contributed by atoms with Gasteiger partial charge in [0.2, 0.25) is 11.8 Å². The fourth-order valence-corrected chi connectivity index (χ4v) is 1.32. The fourth-order valence-electron chi connectivity index (χ4n) is 1.32. The van der Waals surface area contributed by atoms with Crippen LogP contribution in [0.25, 0.3) is 5.82 Å². The molecule has 0 saturated carbocycles. The number of hydrogen-bond acceptors (Lipinski definition) is 10. The molecular weight excluding hydrogens is 262 g/mol. The zero-order valence-corrected chi connectivity index (χ0v) is 9.00. The van der Waals surface area contributed by atoms with E-state index in [1.54, 1.807) is 0 Å². The minimum absolute atomic E-state index is 0.274. The van der Waals surface area contributed by atoms with Crippen LogP contribution < -0.4 is 11.5 Å². The van der Waals surface area contributed by atoms with Crippen molar-refractivity contribution in [3.05, 3.63) is 26.4 Å². The summed E-state index contributed by atoms with van der Waals surface area (Å²) in [5.74, 6) is -0.681. The van der Waals surface area contributed by atoms with Crippen LogP contribution in [0.2, 0.25) is 0 Å². The molecule has 13 nitrogen and oxygen atoms in total. The van der Waals surface area contributed by atoms with Crippen LogP contribution in [0.1, 0.15) is 0 Å². The summed E-state index contributed by atoms with van der Waals surface area (Å²) in [6.45, 7) is 0. The molecule has 0 atom stereocenters. The Morgan fingerprint density at radius 2 is 1.89 bits per heavy atom. The molecule has 0 unspecified atom stereocenters. The standard InChI is InChI=1S/C6H5N9O4/c7-3-2(14(16)17)1-9-5(4(3)15(18)19)13-6(8)10-11-12-13/h1H,(H2,7,9)(H2,8,10,12).